The summed E-state index contributed by atoms with van der Waals surface area (Å²) in [6.45, 7) is 0. The maximum atomic E-state index is 12.7. The van der Waals surface area contributed by atoms with Crippen LogP contribution < -0.4 is 0 Å². The molecule has 1 aromatic carbocycles. The van der Waals surface area contributed by atoms with Crippen molar-refractivity contribution >= 4 is 11.4 Å². The van der Waals surface area contributed by atoms with E-state index in [2.05, 4.69) is 0 Å². The van der Waals surface area contributed by atoms with Gasteiger partial charge in [-0.15, -0.1) is 0 Å². The van der Waals surface area contributed by atoms with Crippen LogP contribution in [0.1, 0.15) is 0 Å². The molecule has 0 unspecified atom stereocenters. The number of hydrogen-bond acceptors (Lipinski definition) is 4. The molecule has 6 nitrogen and oxygen atoms in total. The summed E-state index contributed by atoms with van der Waals surface area (Å²) in [6.07, 6.45) is 0. The molecule has 0 saturated heterocycles. The fraction of sp³-hybridized carbons (Fsp3) is 0. The van der Waals surface area contributed by atoms with Gasteiger partial charge in [0, 0.05) is 12.1 Å². The van der Waals surface area contributed by atoms with Gasteiger partial charge < -0.3 is 0 Å². The van der Waals surface area contributed by atoms with Crippen molar-refractivity contribution in [2.45, 2.75) is 0 Å². The van der Waals surface area contributed by atoms with Crippen molar-refractivity contribution in [2.75, 3.05) is 0 Å². The van der Waals surface area contributed by atoms with Crippen LogP contribution in [0.5, 0.6) is 0 Å². The monoisotopic (exact) mass is 186 g/mol. The van der Waals surface area contributed by atoms with E-state index in [0.29, 0.717) is 6.07 Å². The van der Waals surface area contributed by atoms with Crippen molar-refractivity contribution in [3.8, 4) is 0 Å². The van der Waals surface area contributed by atoms with Crippen LogP contribution in [0.25, 0.3) is 0 Å². The van der Waals surface area contributed by atoms with Gasteiger partial charge in [-0.1, -0.05) is 0 Å². The second kappa shape index (κ2) is 3.13. The first-order chi connectivity index (χ1) is 6.02. The van der Waals surface area contributed by atoms with Gasteiger partial charge in [-0.3, -0.25) is 20.2 Å². The molecule has 1 aromatic rings. The van der Waals surface area contributed by atoms with Crippen molar-refractivity contribution < 1.29 is 14.2 Å². The Bertz CT molecular complexity index is 379. The highest BCUT2D eigenvalue weighted by Gasteiger charge is 2.17. The van der Waals surface area contributed by atoms with Crippen molar-refractivity contribution in [1.82, 2.24) is 0 Å². The lowest BCUT2D eigenvalue weighted by molar-refractivity contribution is -0.391. The first-order valence-electron chi connectivity index (χ1n) is 3.10. The lowest BCUT2D eigenvalue weighted by Gasteiger charge is -1.93. The van der Waals surface area contributed by atoms with Crippen LogP contribution >= 0.6 is 0 Å². The van der Waals surface area contributed by atoms with Gasteiger partial charge in [0.2, 0.25) is 5.82 Å². The number of non-ortho nitro benzene ring substituents is 1. The van der Waals surface area contributed by atoms with E-state index < -0.39 is 27.0 Å². The van der Waals surface area contributed by atoms with Crippen molar-refractivity contribution in [3.05, 3.63) is 44.2 Å². The summed E-state index contributed by atoms with van der Waals surface area (Å²) in [5.41, 5.74) is -1.28. The summed E-state index contributed by atoms with van der Waals surface area (Å²) in [5, 5.41) is 20.2. The first kappa shape index (κ1) is 9.04. The molecule has 0 aliphatic heterocycles. The Morgan fingerprint density at radius 2 is 1.77 bits per heavy atom. The predicted molar refractivity (Wildman–Crippen MR) is 39.7 cm³/mol. The highest BCUT2D eigenvalue weighted by Crippen LogP contribution is 2.21. The molecule has 0 aliphatic carbocycles. The largest absolute Gasteiger partial charge is 0.305 e. The second-order valence-corrected chi connectivity index (χ2v) is 2.15. The molecule has 1 rings (SSSR count). The fourth-order valence-electron chi connectivity index (χ4n) is 0.757. The average molecular weight is 186 g/mol. The molecule has 13 heavy (non-hydrogen) atoms. The molecule has 0 N–H and O–H groups in total. The zero-order chi connectivity index (χ0) is 10.0. The Hall–Kier alpha value is -2.05. The van der Waals surface area contributed by atoms with E-state index >= 15 is 0 Å². The number of rotatable bonds is 2. The summed E-state index contributed by atoms with van der Waals surface area (Å²) in [4.78, 5) is 18.4. The van der Waals surface area contributed by atoms with Crippen LogP contribution in [0.2, 0.25) is 0 Å². The molecule has 0 saturated carbocycles. The molecule has 0 aromatic heterocycles. The molecule has 0 atom stereocenters. The van der Waals surface area contributed by atoms with E-state index in [0.717, 1.165) is 12.1 Å². The van der Waals surface area contributed by atoms with E-state index in [1.165, 1.54) is 0 Å². The number of hydrogen-bond donors (Lipinski definition) is 0. The highest BCUT2D eigenvalue weighted by molar-refractivity contribution is 5.41. The van der Waals surface area contributed by atoms with E-state index in [9.17, 15) is 24.6 Å². The topological polar surface area (TPSA) is 86.3 Å². The maximum absolute atomic E-state index is 12.7. The predicted octanol–water partition coefficient (Wildman–Crippen LogP) is 1.64. The Labute approximate surface area is 70.9 Å². The van der Waals surface area contributed by atoms with Crippen LogP contribution in [0.15, 0.2) is 18.2 Å². The number of nitro groups is 2. The SMILES string of the molecule is O=[N+]([O-])c1ccc([N+](=O)[O-])c(F)c1. The van der Waals surface area contributed by atoms with Gasteiger partial charge in [0.05, 0.1) is 15.9 Å². The minimum absolute atomic E-state index is 0.511. The smallest absolute Gasteiger partial charge is 0.258 e. The Morgan fingerprint density at radius 3 is 2.15 bits per heavy atom. The Morgan fingerprint density at radius 1 is 1.15 bits per heavy atom. The number of nitrogens with zero attached hydrogens (tertiary/aromatic N) is 2. The zero-order valence-electron chi connectivity index (χ0n) is 6.14. The Kier molecular flexibility index (Phi) is 2.18. The zero-order valence-corrected chi connectivity index (χ0v) is 6.14. The molecular weight excluding hydrogens is 183 g/mol. The lowest BCUT2D eigenvalue weighted by Crippen LogP contribution is -1.94. The summed E-state index contributed by atoms with van der Waals surface area (Å²) in [5.74, 6) is -1.21. The Balaban J connectivity index is 3.20. The highest BCUT2D eigenvalue weighted by atomic mass is 19.1. The molecule has 0 amide bonds. The maximum Gasteiger partial charge on any atom is 0.305 e. The third-order valence-corrected chi connectivity index (χ3v) is 1.34. The van der Waals surface area contributed by atoms with Crippen LogP contribution in [-0.4, -0.2) is 9.85 Å². The van der Waals surface area contributed by atoms with E-state index in [-0.39, 0.29) is 0 Å². The van der Waals surface area contributed by atoms with Gasteiger partial charge in [0.1, 0.15) is 0 Å². The quantitative estimate of drug-likeness (QED) is 0.518. The normalized spacial score (nSPS) is 9.62. The van der Waals surface area contributed by atoms with Crippen LogP contribution in [0.3, 0.4) is 0 Å². The third kappa shape index (κ3) is 1.75. The number of benzene rings is 1. The van der Waals surface area contributed by atoms with Gasteiger partial charge in [0.15, 0.2) is 0 Å². The summed E-state index contributed by atoms with van der Waals surface area (Å²) in [7, 11) is 0. The molecule has 0 spiro atoms. The van der Waals surface area contributed by atoms with Gasteiger partial charge in [0.25, 0.3) is 5.69 Å². The minimum Gasteiger partial charge on any atom is -0.258 e. The van der Waals surface area contributed by atoms with Gasteiger partial charge in [-0.25, -0.2) is 0 Å². The molecule has 68 valence electrons. The lowest BCUT2D eigenvalue weighted by atomic mass is 10.3. The summed E-state index contributed by atoms with van der Waals surface area (Å²) < 4.78 is 12.7. The van der Waals surface area contributed by atoms with Crippen LogP contribution in [0.4, 0.5) is 15.8 Å². The number of nitro benzene ring substituents is 2. The van der Waals surface area contributed by atoms with E-state index in [1.807, 2.05) is 0 Å². The first-order valence-corrected chi connectivity index (χ1v) is 3.10. The molecule has 0 radical (unpaired) electrons. The minimum atomic E-state index is -1.21. The second-order valence-electron chi connectivity index (χ2n) is 2.15. The van der Waals surface area contributed by atoms with E-state index in [1.54, 1.807) is 0 Å². The molecule has 7 heteroatoms. The molecule has 0 bridgehead atoms. The van der Waals surface area contributed by atoms with Gasteiger partial charge in [-0.2, -0.15) is 4.39 Å². The standard InChI is InChI=1S/C6H3FN2O4/c7-5-3-4(8(10)11)1-2-6(5)9(12)13/h1-3H. The van der Waals surface area contributed by atoms with Crippen LogP contribution in [-0.2, 0) is 0 Å². The average Bonchev–Trinajstić information content (AvgIpc) is 2.03. The molecule has 0 aliphatic rings. The van der Waals surface area contributed by atoms with Crippen molar-refractivity contribution in [2.24, 2.45) is 0 Å². The summed E-state index contributed by atoms with van der Waals surface area (Å²) >= 11 is 0. The molecule has 0 heterocycles. The summed E-state index contributed by atoms with van der Waals surface area (Å²) in [6, 6.07) is 2.15. The molecule has 0 fully saturated rings. The van der Waals surface area contributed by atoms with Crippen molar-refractivity contribution in [3.63, 3.8) is 0 Å². The molecular formula is C6H3FN2O4. The van der Waals surface area contributed by atoms with Crippen LogP contribution in [0, 0.1) is 26.0 Å². The fourth-order valence-corrected chi connectivity index (χ4v) is 0.757. The number of halogens is 1. The third-order valence-electron chi connectivity index (χ3n) is 1.34. The van der Waals surface area contributed by atoms with Gasteiger partial charge in [-0.05, 0) is 0 Å². The van der Waals surface area contributed by atoms with Crippen molar-refractivity contribution in [1.29, 1.82) is 0 Å². The van der Waals surface area contributed by atoms with E-state index in [4.69, 9.17) is 0 Å². The van der Waals surface area contributed by atoms with Gasteiger partial charge >= 0.3 is 5.69 Å².